The first-order valence-electron chi connectivity index (χ1n) is 11.1. The molecule has 1 aromatic carbocycles. The van der Waals surface area contributed by atoms with Gasteiger partial charge in [0.1, 0.15) is 23.8 Å². The molecule has 0 aliphatic carbocycles. The molecule has 2 aromatic heterocycles. The van der Waals surface area contributed by atoms with E-state index in [0.29, 0.717) is 24.4 Å². The topological polar surface area (TPSA) is 118 Å². The molecule has 5 rings (SSSR count). The summed E-state index contributed by atoms with van der Waals surface area (Å²) in [6.07, 6.45) is 5.11. The first kappa shape index (κ1) is 22.8. The van der Waals surface area contributed by atoms with Crippen molar-refractivity contribution in [2.75, 3.05) is 18.1 Å². The molecule has 0 unspecified atom stereocenters. The van der Waals surface area contributed by atoms with Gasteiger partial charge in [-0.2, -0.15) is 5.10 Å². The number of rotatable bonds is 5. The Morgan fingerprint density at radius 1 is 1.34 bits per heavy atom. The number of fused-ring (bicyclic) bond motifs is 2. The number of thiazole rings is 1. The van der Waals surface area contributed by atoms with Crippen LogP contribution in [-0.2, 0) is 22.6 Å². The van der Waals surface area contributed by atoms with Gasteiger partial charge in [0.05, 0.1) is 24.1 Å². The number of aromatic nitrogens is 3. The third kappa shape index (κ3) is 4.54. The second kappa shape index (κ2) is 8.66. The van der Waals surface area contributed by atoms with Crippen LogP contribution in [0, 0.1) is 0 Å². The maximum Gasteiger partial charge on any atom is 0.263 e. The van der Waals surface area contributed by atoms with E-state index < -0.39 is 11.8 Å². The zero-order valence-corrected chi connectivity index (χ0v) is 20.1. The van der Waals surface area contributed by atoms with Crippen molar-refractivity contribution in [2.24, 2.45) is 0 Å². The molecular formula is C24H24N6O4S. The minimum atomic E-state index is -0.554. The van der Waals surface area contributed by atoms with E-state index in [1.165, 1.54) is 16.0 Å². The van der Waals surface area contributed by atoms with E-state index in [0.717, 1.165) is 39.5 Å². The van der Waals surface area contributed by atoms with E-state index >= 15 is 0 Å². The summed E-state index contributed by atoms with van der Waals surface area (Å²) >= 11 is 1.39. The van der Waals surface area contributed by atoms with Crippen LogP contribution < -0.4 is 20.3 Å². The molecule has 4 heterocycles. The zero-order chi connectivity index (χ0) is 24.7. The van der Waals surface area contributed by atoms with E-state index in [1.807, 2.05) is 32.0 Å². The van der Waals surface area contributed by atoms with Crippen LogP contribution in [0.1, 0.15) is 29.2 Å². The molecular weight excluding hydrogens is 468 g/mol. The van der Waals surface area contributed by atoms with Gasteiger partial charge in [-0.1, -0.05) is 24.0 Å². The number of hydrogen-bond acceptors (Lipinski definition) is 8. The third-order valence-electron chi connectivity index (χ3n) is 5.73. The van der Waals surface area contributed by atoms with Crippen molar-refractivity contribution < 1.29 is 19.1 Å². The SMILES string of the molecule is C=CC(=O)NC(=O)Cn1cc(-c2ccc3c(c2)N(c2nc4c(s2)C(=O)NC(C)(C)C4)CCO3)cn1. The van der Waals surface area contributed by atoms with Gasteiger partial charge in [-0.15, -0.1) is 0 Å². The Morgan fingerprint density at radius 2 is 2.17 bits per heavy atom. The maximum absolute atomic E-state index is 12.6. The quantitative estimate of drug-likeness (QED) is 0.525. The highest BCUT2D eigenvalue weighted by molar-refractivity contribution is 7.17. The summed E-state index contributed by atoms with van der Waals surface area (Å²) in [5.74, 6) is -0.391. The van der Waals surface area contributed by atoms with Gasteiger partial charge in [0.2, 0.25) is 11.8 Å². The Kier molecular flexibility index (Phi) is 5.64. The van der Waals surface area contributed by atoms with Crippen LogP contribution >= 0.6 is 11.3 Å². The number of carbonyl (C=O) groups excluding carboxylic acids is 3. The second-order valence-corrected chi connectivity index (χ2v) is 9.99. The normalized spacial score (nSPS) is 15.9. The summed E-state index contributed by atoms with van der Waals surface area (Å²) in [6.45, 7) is 8.32. The number of amides is 3. The number of imide groups is 1. The lowest BCUT2D eigenvalue weighted by atomic mass is 9.94. The van der Waals surface area contributed by atoms with Crippen LogP contribution in [0.2, 0.25) is 0 Å². The van der Waals surface area contributed by atoms with E-state index in [1.54, 1.807) is 12.4 Å². The van der Waals surface area contributed by atoms with Gasteiger partial charge in [-0.25, -0.2) is 4.98 Å². The molecule has 11 heteroatoms. The van der Waals surface area contributed by atoms with Crippen LogP contribution in [0.25, 0.3) is 11.1 Å². The molecule has 0 saturated heterocycles. The average Bonchev–Trinajstić information content (AvgIpc) is 3.44. The van der Waals surface area contributed by atoms with Crippen LogP contribution in [-0.4, -0.2) is 51.2 Å². The summed E-state index contributed by atoms with van der Waals surface area (Å²) in [5.41, 5.74) is 3.02. The first-order chi connectivity index (χ1) is 16.7. The number of ether oxygens (including phenoxy) is 1. The predicted octanol–water partition coefficient (Wildman–Crippen LogP) is 2.43. The third-order valence-corrected chi connectivity index (χ3v) is 6.85. The predicted molar refractivity (Wildman–Crippen MR) is 131 cm³/mol. The van der Waals surface area contributed by atoms with Gasteiger partial charge in [0, 0.05) is 23.7 Å². The number of anilines is 2. The summed E-state index contributed by atoms with van der Waals surface area (Å²) in [7, 11) is 0. The number of nitrogens with zero attached hydrogens (tertiary/aromatic N) is 4. The fraction of sp³-hybridized carbons (Fsp3) is 0.292. The Hall–Kier alpha value is -3.99. The Balaban J connectivity index is 1.42. The highest BCUT2D eigenvalue weighted by Gasteiger charge is 2.34. The fourth-order valence-electron chi connectivity index (χ4n) is 4.15. The molecule has 2 aliphatic heterocycles. The minimum Gasteiger partial charge on any atom is -0.490 e. The fourth-order valence-corrected chi connectivity index (χ4v) is 5.17. The Labute approximate surface area is 205 Å². The summed E-state index contributed by atoms with van der Waals surface area (Å²) < 4.78 is 7.33. The molecule has 10 nitrogen and oxygen atoms in total. The van der Waals surface area contributed by atoms with Gasteiger partial charge in [0.25, 0.3) is 5.91 Å². The maximum atomic E-state index is 12.6. The Morgan fingerprint density at radius 3 is 2.97 bits per heavy atom. The average molecular weight is 493 g/mol. The molecule has 0 radical (unpaired) electrons. The molecule has 0 spiro atoms. The molecule has 0 bridgehead atoms. The molecule has 2 N–H and O–H groups in total. The van der Waals surface area contributed by atoms with Gasteiger partial charge in [-0.3, -0.25) is 24.4 Å². The monoisotopic (exact) mass is 492 g/mol. The molecule has 35 heavy (non-hydrogen) atoms. The minimum absolute atomic E-state index is 0.0894. The zero-order valence-electron chi connectivity index (χ0n) is 19.3. The second-order valence-electron chi connectivity index (χ2n) is 9.01. The smallest absolute Gasteiger partial charge is 0.263 e. The molecule has 180 valence electrons. The van der Waals surface area contributed by atoms with Crippen molar-refractivity contribution in [1.29, 1.82) is 0 Å². The van der Waals surface area contributed by atoms with E-state index in [-0.39, 0.29) is 18.0 Å². The van der Waals surface area contributed by atoms with E-state index in [4.69, 9.17) is 9.72 Å². The largest absolute Gasteiger partial charge is 0.490 e. The molecule has 0 atom stereocenters. The molecule has 3 aromatic rings. The highest BCUT2D eigenvalue weighted by atomic mass is 32.1. The van der Waals surface area contributed by atoms with Crippen molar-refractivity contribution >= 4 is 39.9 Å². The number of carbonyl (C=O) groups is 3. The van der Waals surface area contributed by atoms with Crippen molar-refractivity contribution in [3.05, 3.63) is 53.8 Å². The Bertz CT molecular complexity index is 1360. The number of hydrogen-bond donors (Lipinski definition) is 2. The summed E-state index contributed by atoms with van der Waals surface area (Å²) in [6, 6.07) is 5.81. The standard InChI is InChI=1S/C24H24N6O4S/c1-4-19(31)27-20(32)13-29-12-15(11-25-29)14-5-6-18-17(9-14)30(7-8-34-18)23-26-16-10-24(2,3)28-22(33)21(16)35-23/h4-6,9,11-12H,1,7-8,10,13H2,2-3H3,(H,28,33)(H,27,31,32). The summed E-state index contributed by atoms with van der Waals surface area (Å²) in [4.78, 5) is 43.4. The van der Waals surface area contributed by atoms with Crippen LogP contribution in [0.5, 0.6) is 5.75 Å². The van der Waals surface area contributed by atoms with Gasteiger partial charge in [-0.05, 0) is 37.6 Å². The van der Waals surface area contributed by atoms with Gasteiger partial charge in [0.15, 0.2) is 5.13 Å². The molecule has 0 fully saturated rings. The van der Waals surface area contributed by atoms with Crippen LogP contribution in [0.4, 0.5) is 10.8 Å². The molecule has 0 saturated carbocycles. The van der Waals surface area contributed by atoms with Crippen molar-refractivity contribution in [3.63, 3.8) is 0 Å². The van der Waals surface area contributed by atoms with Gasteiger partial charge >= 0.3 is 0 Å². The lowest BCUT2D eigenvalue weighted by Crippen LogP contribution is -2.48. The number of benzene rings is 1. The lowest BCUT2D eigenvalue weighted by molar-refractivity contribution is -0.128. The lowest BCUT2D eigenvalue weighted by Gasteiger charge is -2.29. The summed E-state index contributed by atoms with van der Waals surface area (Å²) in [5, 5.41) is 10.2. The highest BCUT2D eigenvalue weighted by Crippen LogP contribution is 2.42. The van der Waals surface area contributed by atoms with Crippen molar-refractivity contribution in [2.45, 2.75) is 32.4 Å². The molecule has 3 amide bonds. The van der Waals surface area contributed by atoms with E-state index in [9.17, 15) is 14.4 Å². The van der Waals surface area contributed by atoms with E-state index in [2.05, 4.69) is 27.2 Å². The van der Waals surface area contributed by atoms with Crippen molar-refractivity contribution in [3.8, 4) is 16.9 Å². The number of nitrogens with one attached hydrogen (secondary N) is 2. The van der Waals surface area contributed by atoms with Gasteiger partial charge < -0.3 is 15.0 Å². The van der Waals surface area contributed by atoms with Crippen molar-refractivity contribution in [1.82, 2.24) is 25.4 Å². The molecule has 2 aliphatic rings. The van der Waals surface area contributed by atoms with Crippen LogP contribution in [0.3, 0.4) is 0 Å². The first-order valence-corrected chi connectivity index (χ1v) is 11.9. The van der Waals surface area contributed by atoms with Crippen LogP contribution in [0.15, 0.2) is 43.2 Å².